The van der Waals surface area contributed by atoms with Crippen molar-refractivity contribution in [3.05, 3.63) is 53.6 Å². The monoisotopic (exact) mass is 355 g/mol. The topological polar surface area (TPSA) is 73.3 Å². The van der Waals surface area contributed by atoms with Crippen molar-refractivity contribution >= 4 is 22.6 Å². The second-order valence-corrected chi connectivity index (χ2v) is 6.01. The summed E-state index contributed by atoms with van der Waals surface area (Å²) in [5, 5.41) is 3.23. The molecule has 2 aromatic carbocycles. The third-order valence-electron chi connectivity index (χ3n) is 3.68. The van der Waals surface area contributed by atoms with E-state index in [1.165, 1.54) is 0 Å². The van der Waals surface area contributed by atoms with Crippen LogP contribution in [0.15, 0.2) is 42.5 Å². The van der Waals surface area contributed by atoms with Gasteiger partial charge in [0.1, 0.15) is 0 Å². The zero-order valence-corrected chi connectivity index (χ0v) is 14.9. The molecule has 3 rings (SSSR count). The molecule has 6 nitrogen and oxygen atoms in total. The Hall–Kier alpha value is -2.93. The molecule has 0 radical (unpaired) electrons. The highest BCUT2D eigenvalue weighted by Gasteiger charge is 2.14. The minimum Gasteiger partial charge on any atom is -0.493 e. The summed E-state index contributed by atoms with van der Waals surface area (Å²) in [5.41, 5.74) is 2.31. The number of nitrogens with one attached hydrogen (secondary N) is 1. The summed E-state index contributed by atoms with van der Waals surface area (Å²) in [4.78, 5) is 16.7. The molecule has 0 saturated carbocycles. The zero-order valence-electron chi connectivity index (χ0n) is 14.1. The molecule has 0 atom stereocenters. The Labute approximate surface area is 149 Å². The van der Waals surface area contributed by atoms with Crippen LogP contribution in [0, 0.1) is 6.92 Å². The van der Waals surface area contributed by atoms with Gasteiger partial charge in [-0.2, -0.15) is 9.36 Å². The van der Waals surface area contributed by atoms with E-state index in [1.54, 1.807) is 32.4 Å². The molecule has 7 heteroatoms. The predicted molar refractivity (Wildman–Crippen MR) is 97.6 cm³/mol. The number of benzene rings is 2. The maximum Gasteiger partial charge on any atom is 0.257 e. The van der Waals surface area contributed by atoms with Crippen LogP contribution in [-0.4, -0.2) is 29.5 Å². The van der Waals surface area contributed by atoms with E-state index >= 15 is 0 Å². The van der Waals surface area contributed by atoms with Crippen molar-refractivity contribution in [2.24, 2.45) is 0 Å². The van der Waals surface area contributed by atoms with E-state index in [-0.39, 0.29) is 5.91 Å². The molecule has 0 saturated heterocycles. The van der Waals surface area contributed by atoms with E-state index in [0.717, 1.165) is 22.7 Å². The van der Waals surface area contributed by atoms with Gasteiger partial charge >= 0.3 is 0 Å². The van der Waals surface area contributed by atoms with Crippen LogP contribution in [0.3, 0.4) is 0 Å². The normalized spacial score (nSPS) is 10.4. The smallest absolute Gasteiger partial charge is 0.257 e. The van der Waals surface area contributed by atoms with Crippen molar-refractivity contribution in [1.29, 1.82) is 0 Å². The lowest BCUT2D eigenvalue weighted by Crippen LogP contribution is -2.12. The van der Waals surface area contributed by atoms with Crippen molar-refractivity contribution in [1.82, 2.24) is 9.36 Å². The molecule has 3 aromatic rings. The Morgan fingerprint density at radius 2 is 1.84 bits per heavy atom. The van der Waals surface area contributed by atoms with E-state index in [1.807, 2.05) is 31.2 Å². The van der Waals surface area contributed by atoms with Gasteiger partial charge in [-0.15, -0.1) is 0 Å². The van der Waals surface area contributed by atoms with Gasteiger partial charge in [-0.3, -0.25) is 10.1 Å². The summed E-state index contributed by atoms with van der Waals surface area (Å²) in [5.74, 6) is 1.55. The van der Waals surface area contributed by atoms with E-state index in [4.69, 9.17) is 9.47 Å². The lowest BCUT2D eigenvalue weighted by molar-refractivity contribution is 0.102. The van der Waals surface area contributed by atoms with Gasteiger partial charge in [0.25, 0.3) is 5.91 Å². The summed E-state index contributed by atoms with van der Waals surface area (Å²) < 4.78 is 14.8. The van der Waals surface area contributed by atoms with E-state index < -0.39 is 0 Å². The number of methoxy groups -OCH3 is 2. The number of anilines is 1. The Morgan fingerprint density at radius 3 is 2.56 bits per heavy atom. The van der Waals surface area contributed by atoms with Crippen LogP contribution < -0.4 is 14.8 Å². The highest BCUT2D eigenvalue weighted by molar-refractivity contribution is 7.10. The van der Waals surface area contributed by atoms with Crippen molar-refractivity contribution < 1.29 is 14.3 Å². The number of nitrogens with zero attached hydrogens (tertiary/aromatic N) is 2. The molecule has 0 aliphatic carbocycles. The number of hydrogen-bond donors (Lipinski definition) is 1. The number of carbonyl (C=O) groups excluding carboxylic acids is 1. The molecular formula is C18H17N3O3S. The summed E-state index contributed by atoms with van der Waals surface area (Å²) >= 11 is 1.13. The number of aryl methyl sites for hydroxylation is 1. The first-order chi connectivity index (χ1) is 12.1. The van der Waals surface area contributed by atoms with Gasteiger partial charge in [-0.1, -0.05) is 18.2 Å². The molecule has 0 bridgehead atoms. The number of carbonyl (C=O) groups is 1. The number of aromatic nitrogens is 2. The van der Waals surface area contributed by atoms with Crippen molar-refractivity contribution in [3.63, 3.8) is 0 Å². The largest absolute Gasteiger partial charge is 0.493 e. The first-order valence-electron chi connectivity index (χ1n) is 7.55. The SMILES string of the molecule is COc1ccc(-c2nsc(NC(=O)c3ccccc3C)n2)cc1OC. The number of hydrogen-bond acceptors (Lipinski definition) is 6. The van der Waals surface area contributed by atoms with E-state index in [0.29, 0.717) is 28.0 Å². The molecular weight excluding hydrogens is 338 g/mol. The lowest BCUT2D eigenvalue weighted by atomic mass is 10.1. The van der Waals surface area contributed by atoms with Gasteiger partial charge < -0.3 is 9.47 Å². The fourth-order valence-corrected chi connectivity index (χ4v) is 2.94. The molecule has 0 spiro atoms. The second kappa shape index (κ2) is 7.31. The average molecular weight is 355 g/mol. The van der Waals surface area contributed by atoms with Gasteiger partial charge in [-0.05, 0) is 36.8 Å². The third kappa shape index (κ3) is 3.61. The van der Waals surface area contributed by atoms with Gasteiger partial charge in [0, 0.05) is 22.7 Å². The fraction of sp³-hybridized carbons (Fsp3) is 0.167. The molecule has 1 N–H and O–H groups in total. The van der Waals surface area contributed by atoms with Gasteiger partial charge in [0.2, 0.25) is 5.13 Å². The molecule has 1 heterocycles. The Kier molecular flexibility index (Phi) is 4.95. The summed E-state index contributed by atoms with van der Waals surface area (Å²) in [6, 6.07) is 12.8. The predicted octanol–water partition coefficient (Wildman–Crippen LogP) is 3.78. The number of rotatable bonds is 5. The van der Waals surface area contributed by atoms with E-state index in [9.17, 15) is 4.79 Å². The maximum absolute atomic E-state index is 12.4. The van der Waals surface area contributed by atoms with Crippen LogP contribution in [0.2, 0.25) is 0 Å². The molecule has 128 valence electrons. The minimum absolute atomic E-state index is 0.201. The quantitative estimate of drug-likeness (QED) is 0.754. The first kappa shape index (κ1) is 16.9. The van der Waals surface area contributed by atoms with Crippen LogP contribution in [-0.2, 0) is 0 Å². The Morgan fingerprint density at radius 1 is 1.08 bits per heavy atom. The van der Waals surface area contributed by atoms with Crippen LogP contribution in [0.4, 0.5) is 5.13 Å². The van der Waals surface area contributed by atoms with Gasteiger partial charge in [0.15, 0.2) is 17.3 Å². The third-order valence-corrected chi connectivity index (χ3v) is 4.31. The highest BCUT2D eigenvalue weighted by atomic mass is 32.1. The first-order valence-corrected chi connectivity index (χ1v) is 8.33. The summed E-state index contributed by atoms with van der Waals surface area (Å²) in [6.07, 6.45) is 0. The van der Waals surface area contributed by atoms with Crippen LogP contribution in [0.1, 0.15) is 15.9 Å². The standard InChI is InChI=1S/C18H17N3O3S/c1-11-6-4-5-7-13(11)17(22)20-18-19-16(21-25-18)12-8-9-14(23-2)15(10-12)24-3/h4-10H,1-3H3,(H,19,20,21,22). The summed E-state index contributed by atoms with van der Waals surface area (Å²) in [6.45, 7) is 1.89. The minimum atomic E-state index is -0.201. The Bertz CT molecular complexity index is 908. The average Bonchev–Trinajstić information content (AvgIpc) is 3.09. The molecule has 1 amide bonds. The van der Waals surface area contributed by atoms with Crippen LogP contribution in [0.25, 0.3) is 11.4 Å². The van der Waals surface area contributed by atoms with E-state index in [2.05, 4.69) is 14.7 Å². The van der Waals surface area contributed by atoms with Crippen LogP contribution >= 0.6 is 11.5 Å². The molecule has 0 unspecified atom stereocenters. The number of amides is 1. The van der Waals surface area contributed by atoms with Crippen LogP contribution in [0.5, 0.6) is 11.5 Å². The Balaban J connectivity index is 1.81. The van der Waals surface area contributed by atoms with Crippen molar-refractivity contribution in [2.45, 2.75) is 6.92 Å². The number of ether oxygens (including phenoxy) is 2. The zero-order chi connectivity index (χ0) is 17.8. The molecule has 1 aromatic heterocycles. The lowest BCUT2D eigenvalue weighted by Gasteiger charge is -2.07. The molecule has 0 aliphatic rings. The maximum atomic E-state index is 12.4. The summed E-state index contributed by atoms with van der Waals surface area (Å²) in [7, 11) is 3.15. The molecule has 0 aliphatic heterocycles. The van der Waals surface area contributed by atoms with Gasteiger partial charge in [-0.25, -0.2) is 0 Å². The molecule has 25 heavy (non-hydrogen) atoms. The fourth-order valence-electron chi connectivity index (χ4n) is 2.36. The highest BCUT2D eigenvalue weighted by Crippen LogP contribution is 2.32. The van der Waals surface area contributed by atoms with Crippen molar-refractivity contribution in [2.75, 3.05) is 19.5 Å². The molecule has 0 fully saturated rings. The second-order valence-electron chi connectivity index (χ2n) is 5.26. The van der Waals surface area contributed by atoms with Gasteiger partial charge in [0.05, 0.1) is 14.2 Å². The van der Waals surface area contributed by atoms with Crippen molar-refractivity contribution in [3.8, 4) is 22.9 Å².